The second-order valence-corrected chi connectivity index (χ2v) is 5.82. The lowest BCUT2D eigenvalue weighted by atomic mass is 10.0. The number of carbonyl (C=O) groups is 2. The van der Waals surface area contributed by atoms with Gasteiger partial charge in [0.1, 0.15) is 12.3 Å². The van der Waals surface area contributed by atoms with Crippen LogP contribution in [0.15, 0.2) is 18.2 Å². The molecule has 1 aromatic carbocycles. The summed E-state index contributed by atoms with van der Waals surface area (Å²) in [6.07, 6.45) is 0.865. The van der Waals surface area contributed by atoms with Gasteiger partial charge in [-0.15, -0.1) is 0 Å². The Morgan fingerprint density at radius 1 is 1.38 bits per heavy atom. The molecular weight excluding hydrogens is 268 g/mol. The van der Waals surface area contributed by atoms with E-state index < -0.39 is 5.60 Å². The first-order valence-electron chi connectivity index (χ1n) is 7.23. The maximum absolute atomic E-state index is 12.6. The topological polar surface area (TPSA) is 58.6 Å². The summed E-state index contributed by atoms with van der Waals surface area (Å²) in [5.74, 6) is 0.274. The van der Waals surface area contributed by atoms with E-state index in [0.29, 0.717) is 18.0 Å². The molecule has 1 aliphatic heterocycles. The van der Waals surface area contributed by atoms with Gasteiger partial charge in [-0.3, -0.25) is 14.5 Å². The van der Waals surface area contributed by atoms with Crippen molar-refractivity contribution in [2.75, 3.05) is 18.0 Å². The molecule has 21 heavy (non-hydrogen) atoms. The number of amides is 2. The molecule has 0 saturated heterocycles. The minimum absolute atomic E-state index is 0.0159. The van der Waals surface area contributed by atoms with Crippen LogP contribution in [0.25, 0.3) is 0 Å². The smallest absolute Gasteiger partial charge is 0.271 e. The van der Waals surface area contributed by atoms with Crippen molar-refractivity contribution in [3.05, 3.63) is 23.8 Å². The molecule has 1 aromatic rings. The van der Waals surface area contributed by atoms with Gasteiger partial charge in [0.2, 0.25) is 5.91 Å². The van der Waals surface area contributed by atoms with E-state index in [-0.39, 0.29) is 18.4 Å². The summed E-state index contributed by atoms with van der Waals surface area (Å²) in [6.45, 7) is 8.00. The minimum Gasteiger partial charge on any atom is -0.476 e. The fourth-order valence-corrected chi connectivity index (χ4v) is 2.30. The van der Waals surface area contributed by atoms with E-state index in [4.69, 9.17) is 4.74 Å². The highest BCUT2D eigenvalue weighted by Crippen LogP contribution is 2.38. The molecule has 1 N–H and O–H groups in total. The Balaban J connectivity index is 2.31. The van der Waals surface area contributed by atoms with Crippen molar-refractivity contribution in [3.8, 4) is 5.75 Å². The van der Waals surface area contributed by atoms with E-state index in [9.17, 15) is 9.59 Å². The third kappa shape index (κ3) is 3.17. The number of hydrogen-bond donors (Lipinski definition) is 1. The molecule has 1 heterocycles. The van der Waals surface area contributed by atoms with Gasteiger partial charge in [0.15, 0.2) is 5.60 Å². The zero-order chi connectivity index (χ0) is 15.6. The van der Waals surface area contributed by atoms with Gasteiger partial charge in [-0.2, -0.15) is 0 Å². The van der Waals surface area contributed by atoms with Crippen molar-refractivity contribution in [2.24, 2.45) is 0 Å². The van der Waals surface area contributed by atoms with Crippen LogP contribution < -0.4 is 15.0 Å². The summed E-state index contributed by atoms with van der Waals surface area (Å²) >= 11 is 0. The van der Waals surface area contributed by atoms with Gasteiger partial charge in [-0.1, -0.05) is 13.0 Å². The Kier molecular flexibility index (Phi) is 4.21. The zero-order valence-electron chi connectivity index (χ0n) is 13.0. The maximum Gasteiger partial charge on any atom is 0.271 e. The number of benzene rings is 1. The van der Waals surface area contributed by atoms with Crippen LogP contribution in [0.3, 0.4) is 0 Å². The molecule has 0 fully saturated rings. The highest BCUT2D eigenvalue weighted by atomic mass is 16.5. The van der Waals surface area contributed by atoms with Gasteiger partial charge >= 0.3 is 0 Å². The van der Waals surface area contributed by atoms with Gasteiger partial charge in [0.25, 0.3) is 5.91 Å². The first kappa shape index (κ1) is 15.4. The Labute approximate surface area is 125 Å². The summed E-state index contributed by atoms with van der Waals surface area (Å²) < 4.78 is 5.76. The molecule has 0 radical (unpaired) electrons. The van der Waals surface area contributed by atoms with E-state index in [2.05, 4.69) is 5.32 Å². The molecule has 0 bridgehead atoms. The molecule has 5 heteroatoms. The minimum atomic E-state index is -0.965. The number of carbonyl (C=O) groups excluding carboxylic acids is 2. The van der Waals surface area contributed by atoms with E-state index in [1.807, 2.05) is 32.0 Å². The Hall–Kier alpha value is -2.04. The monoisotopic (exact) mass is 290 g/mol. The standard InChI is InChI=1S/C16H22N2O3/c1-5-8-17-14(19)10-18-12-9-11(2)6-7-13(12)21-16(3,4)15(18)20/h6-7,9H,5,8,10H2,1-4H3,(H,17,19). The summed E-state index contributed by atoms with van der Waals surface area (Å²) in [6, 6.07) is 5.64. The van der Waals surface area contributed by atoms with Gasteiger partial charge in [-0.25, -0.2) is 0 Å². The van der Waals surface area contributed by atoms with Crippen LogP contribution in [0.5, 0.6) is 5.75 Å². The van der Waals surface area contributed by atoms with Crippen molar-refractivity contribution < 1.29 is 14.3 Å². The van der Waals surface area contributed by atoms with E-state index in [1.165, 1.54) is 4.90 Å². The van der Waals surface area contributed by atoms with E-state index in [0.717, 1.165) is 12.0 Å². The fourth-order valence-electron chi connectivity index (χ4n) is 2.30. The summed E-state index contributed by atoms with van der Waals surface area (Å²) in [5, 5.41) is 2.80. The van der Waals surface area contributed by atoms with E-state index >= 15 is 0 Å². The number of nitrogens with zero attached hydrogens (tertiary/aromatic N) is 1. The maximum atomic E-state index is 12.6. The zero-order valence-corrected chi connectivity index (χ0v) is 13.0. The normalized spacial score (nSPS) is 16.2. The van der Waals surface area contributed by atoms with Crippen molar-refractivity contribution in [3.63, 3.8) is 0 Å². The summed E-state index contributed by atoms with van der Waals surface area (Å²) in [5.41, 5.74) is 0.711. The molecule has 114 valence electrons. The van der Waals surface area contributed by atoms with Crippen LogP contribution in [0.2, 0.25) is 0 Å². The van der Waals surface area contributed by atoms with Crippen molar-refractivity contribution in [1.82, 2.24) is 5.32 Å². The number of anilines is 1. The summed E-state index contributed by atoms with van der Waals surface area (Å²) in [7, 11) is 0. The lowest BCUT2D eigenvalue weighted by Gasteiger charge is -2.38. The first-order chi connectivity index (χ1) is 9.85. The first-order valence-corrected chi connectivity index (χ1v) is 7.23. The van der Waals surface area contributed by atoms with Crippen LogP contribution in [-0.2, 0) is 9.59 Å². The molecule has 5 nitrogen and oxygen atoms in total. The molecule has 0 aromatic heterocycles. The van der Waals surface area contributed by atoms with Crippen molar-refractivity contribution >= 4 is 17.5 Å². The number of aryl methyl sites for hydroxylation is 1. The second-order valence-electron chi connectivity index (χ2n) is 5.82. The molecule has 1 aliphatic rings. The van der Waals surface area contributed by atoms with Crippen LogP contribution in [0.1, 0.15) is 32.8 Å². The Morgan fingerprint density at radius 2 is 2.10 bits per heavy atom. The van der Waals surface area contributed by atoms with Crippen LogP contribution in [0, 0.1) is 6.92 Å². The molecule has 0 aliphatic carbocycles. The molecule has 2 amide bonds. The number of hydrogen-bond acceptors (Lipinski definition) is 3. The molecule has 0 spiro atoms. The SMILES string of the molecule is CCCNC(=O)CN1C(=O)C(C)(C)Oc2ccc(C)cc21. The van der Waals surface area contributed by atoms with E-state index in [1.54, 1.807) is 13.8 Å². The molecule has 0 unspecified atom stereocenters. The third-order valence-electron chi connectivity index (χ3n) is 3.40. The third-order valence-corrected chi connectivity index (χ3v) is 3.40. The van der Waals surface area contributed by atoms with Gasteiger partial charge in [0, 0.05) is 6.54 Å². The molecule has 2 rings (SSSR count). The highest BCUT2D eigenvalue weighted by Gasteiger charge is 2.41. The van der Waals surface area contributed by atoms with Crippen LogP contribution in [0.4, 0.5) is 5.69 Å². The Bertz CT molecular complexity index is 567. The lowest BCUT2D eigenvalue weighted by Crippen LogP contribution is -2.55. The predicted octanol–water partition coefficient (Wildman–Crippen LogP) is 2.03. The largest absolute Gasteiger partial charge is 0.476 e. The molecular formula is C16H22N2O3. The van der Waals surface area contributed by atoms with Gasteiger partial charge < -0.3 is 10.1 Å². The van der Waals surface area contributed by atoms with Gasteiger partial charge in [-0.05, 0) is 44.9 Å². The predicted molar refractivity (Wildman–Crippen MR) is 81.5 cm³/mol. The fraction of sp³-hybridized carbons (Fsp3) is 0.500. The number of fused-ring (bicyclic) bond motifs is 1. The average Bonchev–Trinajstić information content (AvgIpc) is 2.42. The van der Waals surface area contributed by atoms with Crippen molar-refractivity contribution in [1.29, 1.82) is 0 Å². The number of rotatable bonds is 4. The molecule has 0 atom stereocenters. The summed E-state index contributed by atoms with van der Waals surface area (Å²) in [4.78, 5) is 26.0. The second kappa shape index (κ2) is 5.76. The van der Waals surface area contributed by atoms with Crippen LogP contribution >= 0.6 is 0 Å². The number of ether oxygens (including phenoxy) is 1. The average molecular weight is 290 g/mol. The number of nitrogens with one attached hydrogen (secondary N) is 1. The highest BCUT2D eigenvalue weighted by molar-refractivity contribution is 6.05. The van der Waals surface area contributed by atoms with Crippen molar-refractivity contribution in [2.45, 2.75) is 39.7 Å². The lowest BCUT2D eigenvalue weighted by molar-refractivity contribution is -0.134. The quantitative estimate of drug-likeness (QED) is 0.923. The Morgan fingerprint density at radius 3 is 2.76 bits per heavy atom. The molecule has 0 saturated carbocycles. The van der Waals surface area contributed by atoms with Crippen LogP contribution in [-0.4, -0.2) is 30.5 Å². The van der Waals surface area contributed by atoms with Gasteiger partial charge in [0.05, 0.1) is 5.69 Å².